The van der Waals surface area contributed by atoms with Gasteiger partial charge in [0.15, 0.2) is 0 Å². The number of aryl methyl sites for hydroxylation is 1. The molecule has 0 bridgehead atoms. The van der Waals surface area contributed by atoms with Crippen molar-refractivity contribution in [3.63, 3.8) is 0 Å². The highest BCUT2D eigenvalue weighted by molar-refractivity contribution is 5.74. The van der Waals surface area contributed by atoms with Gasteiger partial charge in [0, 0.05) is 19.3 Å². The molecule has 0 spiro atoms. The summed E-state index contributed by atoms with van der Waals surface area (Å²) in [6, 6.07) is 17.2. The molecule has 4 aromatic rings. The Morgan fingerprint density at radius 1 is 1.06 bits per heavy atom. The lowest BCUT2D eigenvalue weighted by Gasteiger charge is -2.35. The summed E-state index contributed by atoms with van der Waals surface area (Å²) in [6.07, 6.45) is 5.03. The van der Waals surface area contributed by atoms with Crippen LogP contribution in [0.5, 0.6) is 0 Å². The van der Waals surface area contributed by atoms with Gasteiger partial charge in [0.2, 0.25) is 0 Å². The fraction of sp³-hybridized carbons (Fsp3) is 0.280. The monoisotopic (exact) mass is 415 g/mol. The molecular formula is C25H26FN5. The zero-order valence-corrected chi connectivity index (χ0v) is 17.4. The molecule has 1 aliphatic carbocycles. The maximum absolute atomic E-state index is 14.1. The SMILES string of the molecule is NCc1ccc(F)cc1CN(Cc1nc2ccccc2[nH]1)C1CCCc2cccnc21. The van der Waals surface area contributed by atoms with Crippen molar-refractivity contribution in [1.29, 1.82) is 0 Å². The average Bonchev–Trinajstić information content (AvgIpc) is 3.21. The van der Waals surface area contributed by atoms with E-state index in [1.54, 1.807) is 12.1 Å². The molecule has 5 nitrogen and oxygen atoms in total. The Balaban J connectivity index is 1.53. The van der Waals surface area contributed by atoms with E-state index in [0.29, 0.717) is 19.6 Å². The maximum Gasteiger partial charge on any atom is 0.123 e. The minimum absolute atomic E-state index is 0.145. The normalized spacial score (nSPS) is 16.0. The van der Waals surface area contributed by atoms with Crippen molar-refractivity contribution in [1.82, 2.24) is 19.9 Å². The fourth-order valence-electron chi connectivity index (χ4n) is 4.65. The van der Waals surface area contributed by atoms with Gasteiger partial charge in [-0.05, 0) is 66.3 Å². The Bertz CT molecular complexity index is 1170. The first kappa shape index (κ1) is 19.8. The number of hydrogen-bond donors (Lipinski definition) is 2. The Morgan fingerprint density at radius 2 is 1.97 bits per heavy atom. The van der Waals surface area contributed by atoms with Gasteiger partial charge in [0.25, 0.3) is 0 Å². The van der Waals surface area contributed by atoms with Crippen molar-refractivity contribution in [2.45, 2.75) is 44.9 Å². The summed E-state index contributed by atoms with van der Waals surface area (Å²) >= 11 is 0. The van der Waals surface area contributed by atoms with Crippen molar-refractivity contribution in [3.05, 3.63) is 94.8 Å². The number of imidazole rings is 1. The number of nitrogens with two attached hydrogens (primary N) is 1. The van der Waals surface area contributed by atoms with E-state index in [9.17, 15) is 4.39 Å². The van der Waals surface area contributed by atoms with E-state index in [1.807, 2.05) is 36.5 Å². The first-order valence-corrected chi connectivity index (χ1v) is 10.8. The third-order valence-corrected chi connectivity index (χ3v) is 6.16. The summed E-state index contributed by atoms with van der Waals surface area (Å²) in [7, 11) is 0. The summed E-state index contributed by atoms with van der Waals surface area (Å²) in [4.78, 5) is 15.3. The molecule has 2 aromatic carbocycles. The standard InChI is InChI=1S/C25H26FN5/c26-20-11-10-18(14-27)19(13-20)15-31(16-24-29-21-7-1-2-8-22(21)30-24)23-9-3-5-17-6-4-12-28-25(17)23/h1-2,4,6-8,10-13,23H,3,5,9,14-16,27H2,(H,29,30). The van der Waals surface area contributed by atoms with Crippen LogP contribution in [0.3, 0.4) is 0 Å². The van der Waals surface area contributed by atoms with Crippen molar-refractivity contribution >= 4 is 11.0 Å². The van der Waals surface area contributed by atoms with Gasteiger partial charge in [-0.15, -0.1) is 0 Å². The van der Waals surface area contributed by atoms with Crippen LogP contribution in [0.25, 0.3) is 11.0 Å². The van der Waals surface area contributed by atoms with Crippen molar-refractivity contribution in [2.24, 2.45) is 5.73 Å². The number of pyridine rings is 1. The van der Waals surface area contributed by atoms with Gasteiger partial charge in [-0.2, -0.15) is 0 Å². The molecule has 0 aliphatic heterocycles. The number of rotatable bonds is 6. The number of nitrogens with zero attached hydrogens (tertiary/aromatic N) is 3. The highest BCUT2D eigenvalue weighted by Gasteiger charge is 2.28. The molecule has 1 aliphatic rings. The number of aromatic amines is 1. The van der Waals surface area contributed by atoms with Crippen LogP contribution in [0.1, 0.15) is 47.1 Å². The lowest BCUT2D eigenvalue weighted by Crippen LogP contribution is -2.32. The quantitative estimate of drug-likeness (QED) is 0.481. The Kier molecular flexibility index (Phi) is 5.49. The van der Waals surface area contributed by atoms with E-state index in [4.69, 9.17) is 15.7 Å². The largest absolute Gasteiger partial charge is 0.341 e. The minimum atomic E-state index is -0.238. The summed E-state index contributed by atoms with van der Waals surface area (Å²) in [5, 5.41) is 0. The number of H-pyrrole nitrogens is 1. The summed E-state index contributed by atoms with van der Waals surface area (Å²) in [5.74, 6) is 0.660. The molecule has 1 unspecified atom stereocenters. The third-order valence-electron chi connectivity index (χ3n) is 6.16. The van der Waals surface area contributed by atoms with Crippen LogP contribution < -0.4 is 5.73 Å². The van der Waals surface area contributed by atoms with Gasteiger partial charge in [0.05, 0.1) is 29.3 Å². The molecular weight excluding hydrogens is 389 g/mol. The highest BCUT2D eigenvalue weighted by Crippen LogP contribution is 2.35. The van der Waals surface area contributed by atoms with E-state index < -0.39 is 0 Å². The van der Waals surface area contributed by atoms with Crippen LogP contribution in [0.4, 0.5) is 4.39 Å². The Morgan fingerprint density at radius 3 is 2.84 bits per heavy atom. The van der Waals surface area contributed by atoms with Gasteiger partial charge < -0.3 is 10.7 Å². The second-order valence-corrected chi connectivity index (χ2v) is 8.18. The van der Waals surface area contributed by atoms with Crippen molar-refractivity contribution in [3.8, 4) is 0 Å². The molecule has 0 saturated heterocycles. The fourth-order valence-corrected chi connectivity index (χ4v) is 4.65. The van der Waals surface area contributed by atoms with Crippen LogP contribution in [0.15, 0.2) is 60.8 Å². The number of benzene rings is 2. The van der Waals surface area contributed by atoms with Gasteiger partial charge in [-0.1, -0.05) is 24.3 Å². The maximum atomic E-state index is 14.1. The first-order chi connectivity index (χ1) is 15.2. The zero-order chi connectivity index (χ0) is 21.2. The van der Waals surface area contributed by atoms with E-state index >= 15 is 0 Å². The molecule has 0 saturated carbocycles. The molecule has 3 N–H and O–H groups in total. The van der Waals surface area contributed by atoms with Crippen LogP contribution >= 0.6 is 0 Å². The average molecular weight is 416 g/mol. The summed E-state index contributed by atoms with van der Waals surface area (Å²) in [5.41, 5.74) is 12.2. The molecule has 2 heterocycles. The molecule has 6 heteroatoms. The molecule has 158 valence electrons. The van der Waals surface area contributed by atoms with E-state index in [0.717, 1.165) is 52.9 Å². The third kappa shape index (κ3) is 4.09. The van der Waals surface area contributed by atoms with Gasteiger partial charge in [-0.25, -0.2) is 9.37 Å². The van der Waals surface area contributed by atoms with Gasteiger partial charge in [0.1, 0.15) is 11.6 Å². The second-order valence-electron chi connectivity index (χ2n) is 8.18. The molecule has 0 amide bonds. The molecule has 0 fully saturated rings. The summed E-state index contributed by atoms with van der Waals surface area (Å²) < 4.78 is 14.1. The topological polar surface area (TPSA) is 70.8 Å². The smallest absolute Gasteiger partial charge is 0.123 e. The number of para-hydroxylation sites is 2. The second kappa shape index (κ2) is 8.57. The Labute approximate surface area is 181 Å². The van der Waals surface area contributed by atoms with E-state index in [1.165, 1.54) is 11.6 Å². The predicted molar refractivity (Wildman–Crippen MR) is 120 cm³/mol. The van der Waals surface area contributed by atoms with Crippen LogP contribution in [-0.2, 0) is 26.1 Å². The molecule has 2 aromatic heterocycles. The number of hydrogen-bond acceptors (Lipinski definition) is 4. The van der Waals surface area contributed by atoms with E-state index in [-0.39, 0.29) is 11.9 Å². The van der Waals surface area contributed by atoms with Crippen molar-refractivity contribution < 1.29 is 4.39 Å². The van der Waals surface area contributed by atoms with E-state index in [2.05, 4.69) is 16.0 Å². The Hall–Kier alpha value is -3.09. The number of halogens is 1. The number of nitrogens with one attached hydrogen (secondary N) is 1. The highest BCUT2D eigenvalue weighted by atomic mass is 19.1. The molecule has 31 heavy (non-hydrogen) atoms. The number of fused-ring (bicyclic) bond motifs is 2. The lowest BCUT2D eigenvalue weighted by atomic mass is 9.90. The first-order valence-electron chi connectivity index (χ1n) is 10.8. The lowest BCUT2D eigenvalue weighted by molar-refractivity contribution is 0.153. The summed E-state index contributed by atoms with van der Waals surface area (Å²) in [6.45, 7) is 1.59. The van der Waals surface area contributed by atoms with Crippen LogP contribution in [0.2, 0.25) is 0 Å². The minimum Gasteiger partial charge on any atom is -0.341 e. The zero-order valence-electron chi connectivity index (χ0n) is 17.4. The predicted octanol–water partition coefficient (Wildman–Crippen LogP) is 4.64. The molecule has 0 radical (unpaired) electrons. The number of aromatic nitrogens is 3. The van der Waals surface area contributed by atoms with Crippen LogP contribution in [-0.4, -0.2) is 19.9 Å². The molecule has 1 atom stereocenters. The van der Waals surface area contributed by atoms with Gasteiger partial charge in [-0.3, -0.25) is 9.88 Å². The van der Waals surface area contributed by atoms with Gasteiger partial charge >= 0.3 is 0 Å². The van der Waals surface area contributed by atoms with Crippen LogP contribution in [0, 0.1) is 5.82 Å². The molecule has 5 rings (SSSR count). The van der Waals surface area contributed by atoms with Crippen molar-refractivity contribution in [2.75, 3.05) is 0 Å².